The Balaban J connectivity index is 1.37. The van der Waals surface area contributed by atoms with Crippen LogP contribution in [-0.2, 0) is 16.0 Å². The molecule has 0 radical (unpaired) electrons. The van der Waals surface area contributed by atoms with Crippen molar-refractivity contribution in [3.8, 4) is 0 Å². The second-order valence-corrected chi connectivity index (χ2v) is 10.3. The summed E-state index contributed by atoms with van der Waals surface area (Å²) >= 11 is 7.66. The number of amides is 2. The van der Waals surface area contributed by atoms with Gasteiger partial charge in [-0.25, -0.2) is 4.99 Å². The lowest BCUT2D eigenvalue weighted by molar-refractivity contribution is -0.128. The van der Waals surface area contributed by atoms with E-state index in [1.54, 1.807) is 11.0 Å². The summed E-state index contributed by atoms with van der Waals surface area (Å²) in [6, 6.07) is 22.8. The summed E-state index contributed by atoms with van der Waals surface area (Å²) in [6.07, 6.45) is 2.70. The Kier molecular flexibility index (Phi) is 7.11. The summed E-state index contributed by atoms with van der Waals surface area (Å²) in [7, 11) is 0. The van der Waals surface area contributed by atoms with Crippen LogP contribution >= 0.6 is 23.4 Å². The first-order chi connectivity index (χ1) is 17.5. The Morgan fingerprint density at radius 1 is 1.11 bits per heavy atom. The lowest BCUT2D eigenvalue weighted by Crippen LogP contribution is -2.35. The fourth-order valence-corrected chi connectivity index (χ4v) is 5.56. The third-order valence-electron chi connectivity index (χ3n) is 6.04. The molecule has 1 fully saturated rings. The fourth-order valence-electron chi connectivity index (χ4n) is 4.21. The van der Waals surface area contributed by atoms with E-state index in [2.05, 4.69) is 35.4 Å². The Hall–Kier alpha value is -3.55. The van der Waals surface area contributed by atoms with Crippen molar-refractivity contribution in [2.24, 2.45) is 4.99 Å². The van der Waals surface area contributed by atoms with E-state index in [4.69, 9.17) is 16.6 Å². The number of anilines is 1. The number of aromatic nitrogens is 1. The quantitative estimate of drug-likeness (QED) is 0.301. The molecule has 1 atom stereocenters. The van der Waals surface area contributed by atoms with E-state index in [1.807, 2.05) is 54.7 Å². The van der Waals surface area contributed by atoms with Crippen LogP contribution in [-0.4, -0.2) is 38.7 Å². The van der Waals surface area contributed by atoms with E-state index in [9.17, 15) is 9.59 Å². The van der Waals surface area contributed by atoms with Crippen LogP contribution < -0.4 is 5.32 Å². The number of amidine groups is 1. The molecule has 1 saturated heterocycles. The number of nitrogens with one attached hydrogen (secondary N) is 2. The van der Waals surface area contributed by atoms with Gasteiger partial charge in [0.2, 0.25) is 11.8 Å². The largest absolute Gasteiger partial charge is 0.361 e. The van der Waals surface area contributed by atoms with E-state index in [-0.39, 0.29) is 18.2 Å². The molecule has 4 aromatic rings. The third-order valence-corrected chi connectivity index (χ3v) is 7.54. The lowest BCUT2D eigenvalue weighted by Gasteiger charge is -2.16. The number of aryl methyl sites for hydroxylation is 1. The molecule has 1 aliphatic rings. The molecule has 1 aromatic heterocycles. The molecule has 36 heavy (non-hydrogen) atoms. The van der Waals surface area contributed by atoms with E-state index in [1.165, 1.54) is 17.3 Å². The summed E-state index contributed by atoms with van der Waals surface area (Å²) in [4.78, 5) is 35.9. The molecular formula is C28H25ClN4O2S. The van der Waals surface area contributed by atoms with Crippen molar-refractivity contribution < 1.29 is 9.59 Å². The maximum Gasteiger partial charge on any atom is 0.242 e. The van der Waals surface area contributed by atoms with Gasteiger partial charge >= 0.3 is 0 Å². The molecule has 3 aromatic carbocycles. The van der Waals surface area contributed by atoms with E-state index < -0.39 is 5.25 Å². The first-order valence-corrected chi connectivity index (χ1v) is 13.0. The van der Waals surface area contributed by atoms with Gasteiger partial charge in [0.05, 0.1) is 10.7 Å². The van der Waals surface area contributed by atoms with Crippen LogP contribution in [0.15, 0.2) is 84.0 Å². The molecule has 8 heteroatoms. The van der Waals surface area contributed by atoms with Gasteiger partial charge in [-0.3, -0.25) is 14.5 Å². The van der Waals surface area contributed by atoms with Crippen LogP contribution in [0.4, 0.5) is 11.4 Å². The minimum atomic E-state index is -0.555. The van der Waals surface area contributed by atoms with Crippen molar-refractivity contribution in [1.29, 1.82) is 0 Å². The summed E-state index contributed by atoms with van der Waals surface area (Å²) in [5, 5.41) is 4.53. The topological polar surface area (TPSA) is 77.6 Å². The Morgan fingerprint density at radius 3 is 2.69 bits per heavy atom. The van der Waals surface area contributed by atoms with Gasteiger partial charge < -0.3 is 10.3 Å². The van der Waals surface area contributed by atoms with Crippen LogP contribution in [0.5, 0.6) is 0 Å². The van der Waals surface area contributed by atoms with Crippen molar-refractivity contribution in [1.82, 2.24) is 9.88 Å². The highest BCUT2D eigenvalue weighted by molar-refractivity contribution is 8.15. The summed E-state index contributed by atoms with van der Waals surface area (Å²) in [5.74, 6) is -0.330. The SMILES string of the molecule is Cc1ccc2[nH]cc(CCN3C(=O)C(CC(=O)Nc4ccccc4)SC3=Nc3ccccc3Cl)c2c1. The number of nitrogens with zero attached hydrogens (tertiary/aromatic N) is 2. The highest BCUT2D eigenvalue weighted by Gasteiger charge is 2.39. The number of H-pyrrole nitrogens is 1. The number of hydrogen-bond donors (Lipinski definition) is 2. The molecule has 2 heterocycles. The molecule has 2 N–H and O–H groups in total. The predicted octanol–water partition coefficient (Wildman–Crippen LogP) is 6.33. The maximum absolute atomic E-state index is 13.5. The average Bonchev–Trinajstić information content (AvgIpc) is 3.39. The minimum absolute atomic E-state index is 0.0583. The van der Waals surface area contributed by atoms with Gasteiger partial charge in [-0.15, -0.1) is 0 Å². The highest BCUT2D eigenvalue weighted by Crippen LogP contribution is 2.34. The second kappa shape index (κ2) is 10.6. The van der Waals surface area contributed by atoms with Crippen molar-refractivity contribution in [3.63, 3.8) is 0 Å². The minimum Gasteiger partial charge on any atom is -0.361 e. The number of halogens is 1. The first kappa shape index (κ1) is 24.2. The Labute approximate surface area is 218 Å². The molecule has 1 aliphatic heterocycles. The molecule has 182 valence electrons. The van der Waals surface area contributed by atoms with E-state index in [0.29, 0.717) is 34.5 Å². The zero-order chi connectivity index (χ0) is 25.1. The second-order valence-electron chi connectivity index (χ2n) is 8.67. The standard InChI is InChI=1S/C28H25ClN4O2S/c1-18-11-12-23-21(15-18)19(17-30-23)13-14-33-27(35)25(16-26(34)31-20-7-3-2-4-8-20)36-28(33)32-24-10-6-5-9-22(24)29/h2-12,15,17,25,30H,13-14,16H2,1H3,(H,31,34). The van der Waals surface area contributed by atoms with Crippen LogP contribution in [0.3, 0.4) is 0 Å². The fraction of sp³-hybridized carbons (Fsp3) is 0.179. The molecular weight excluding hydrogens is 492 g/mol. The van der Waals surface area contributed by atoms with Crippen molar-refractivity contribution >= 4 is 62.6 Å². The number of rotatable bonds is 7. The first-order valence-electron chi connectivity index (χ1n) is 11.7. The van der Waals surface area contributed by atoms with Gasteiger partial charge in [0.15, 0.2) is 5.17 Å². The van der Waals surface area contributed by atoms with Gasteiger partial charge in [0.1, 0.15) is 5.25 Å². The van der Waals surface area contributed by atoms with E-state index in [0.717, 1.165) is 16.5 Å². The smallest absolute Gasteiger partial charge is 0.242 e. The molecule has 0 saturated carbocycles. The van der Waals surface area contributed by atoms with E-state index >= 15 is 0 Å². The zero-order valence-corrected chi connectivity index (χ0v) is 21.3. The van der Waals surface area contributed by atoms with Gasteiger partial charge in [-0.05, 0) is 55.3 Å². The number of carbonyl (C=O) groups is 2. The van der Waals surface area contributed by atoms with Crippen molar-refractivity contribution in [3.05, 3.63) is 95.1 Å². The average molecular weight is 517 g/mol. The lowest BCUT2D eigenvalue weighted by atomic mass is 10.1. The summed E-state index contributed by atoms with van der Waals surface area (Å²) < 4.78 is 0. The number of benzene rings is 3. The van der Waals surface area contributed by atoms with Crippen LogP contribution in [0, 0.1) is 6.92 Å². The van der Waals surface area contributed by atoms with Crippen LogP contribution in [0.2, 0.25) is 5.02 Å². The number of carbonyl (C=O) groups excluding carboxylic acids is 2. The number of hydrogen-bond acceptors (Lipinski definition) is 4. The van der Waals surface area contributed by atoms with Gasteiger partial charge in [0.25, 0.3) is 0 Å². The highest BCUT2D eigenvalue weighted by atomic mass is 35.5. The van der Waals surface area contributed by atoms with Gasteiger partial charge in [-0.2, -0.15) is 0 Å². The normalized spacial score (nSPS) is 16.7. The molecule has 6 nitrogen and oxygen atoms in total. The Morgan fingerprint density at radius 2 is 1.89 bits per heavy atom. The molecule has 0 aliphatic carbocycles. The summed E-state index contributed by atoms with van der Waals surface area (Å²) in [6.45, 7) is 2.52. The molecule has 0 spiro atoms. The maximum atomic E-state index is 13.5. The number of aromatic amines is 1. The molecule has 0 bridgehead atoms. The molecule has 5 rings (SSSR count). The van der Waals surface area contributed by atoms with Gasteiger partial charge in [-0.1, -0.05) is 65.3 Å². The number of thioether (sulfide) groups is 1. The Bertz CT molecular complexity index is 1450. The molecule has 2 amide bonds. The van der Waals surface area contributed by atoms with Crippen LogP contribution in [0.1, 0.15) is 17.5 Å². The van der Waals surface area contributed by atoms with Crippen LogP contribution in [0.25, 0.3) is 10.9 Å². The number of para-hydroxylation sites is 2. The van der Waals surface area contributed by atoms with Crippen molar-refractivity contribution in [2.75, 3.05) is 11.9 Å². The zero-order valence-electron chi connectivity index (χ0n) is 19.7. The monoisotopic (exact) mass is 516 g/mol. The number of aliphatic imine (C=N–C) groups is 1. The predicted molar refractivity (Wildman–Crippen MR) is 148 cm³/mol. The molecule has 1 unspecified atom stereocenters. The third kappa shape index (κ3) is 5.32. The van der Waals surface area contributed by atoms with Crippen molar-refractivity contribution in [2.45, 2.75) is 25.0 Å². The summed E-state index contributed by atoms with van der Waals surface area (Å²) in [5.41, 5.74) is 4.68. The van der Waals surface area contributed by atoms with Gasteiger partial charge in [0, 0.05) is 35.8 Å². The number of fused-ring (bicyclic) bond motifs is 1.